The fourth-order valence-electron chi connectivity index (χ4n) is 3.19. The molecule has 1 heterocycles. The summed E-state index contributed by atoms with van der Waals surface area (Å²) in [6.45, 7) is 5.73. The van der Waals surface area contributed by atoms with E-state index in [1.54, 1.807) is 30.0 Å². The Morgan fingerprint density at radius 3 is 2.60 bits per heavy atom. The van der Waals surface area contributed by atoms with Gasteiger partial charge in [-0.3, -0.25) is 14.5 Å². The van der Waals surface area contributed by atoms with Crippen LogP contribution >= 0.6 is 0 Å². The average Bonchev–Trinajstić information content (AvgIpc) is 2.63. The second-order valence-electron chi connectivity index (χ2n) is 6.41. The van der Waals surface area contributed by atoms with Crippen LogP contribution in [0.3, 0.4) is 0 Å². The number of ketones is 1. The molecule has 1 aliphatic rings. The zero-order valence-corrected chi connectivity index (χ0v) is 14.9. The smallest absolute Gasteiger partial charge is 0.268 e. The summed E-state index contributed by atoms with van der Waals surface area (Å²) in [7, 11) is 0. The number of benzene rings is 2. The van der Waals surface area contributed by atoms with E-state index in [0.717, 1.165) is 12.0 Å². The summed E-state index contributed by atoms with van der Waals surface area (Å²) in [5.74, 6) is 0.635. The van der Waals surface area contributed by atoms with Crippen molar-refractivity contribution >= 4 is 17.4 Å². The van der Waals surface area contributed by atoms with Gasteiger partial charge in [-0.2, -0.15) is 0 Å². The maximum Gasteiger partial charge on any atom is 0.268 e. The molecule has 0 aliphatic carbocycles. The monoisotopic (exact) mass is 337 g/mol. The van der Waals surface area contributed by atoms with Crippen molar-refractivity contribution in [2.24, 2.45) is 0 Å². The Bertz CT molecular complexity index is 785. The number of Topliss-reactive ketones (excluding diaryl/α,β-unsaturated/α-hetero) is 1. The lowest BCUT2D eigenvalue weighted by molar-refractivity contribution is -0.126. The third kappa shape index (κ3) is 3.29. The Morgan fingerprint density at radius 2 is 1.92 bits per heavy atom. The minimum Gasteiger partial charge on any atom is -0.479 e. The number of carbonyl (C=O) groups excluding carboxylic acids is 2. The standard InChI is InChI=1S/C21H23NO3/c1-4-8-19(23)17-11-12-20-18(13-17)22(21(24)15(3)25-20)14(2)16-9-6-5-7-10-16/h5-7,9-15H,4,8H2,1-3H3. The molecule has 0 saturated carbocycles. The fraction of sp³-hybridized carbons (Fsp3) is 0.333. The third-order valence-electron chi connectivity index (χ3n) is 4.58. The lowest BCUT2D eigenvalue weighted by Crippen LogP contribution is -2.45. The van der Waals surface area contributed by atoms with Gasteiger partial charge in [0.25, 0.3) is 5.91 Å². The van der Waals surface area contributed by atoms with Gasteiger partial charge in [-0.25, -0.2) is 0 Å². The normalized spacial score (nSPS) is 17.6. The summed E-state index contributed by atoms with van der Waals surface area (Å²) in [6.07, 6.45) is 0.751. The van der Waals surface area contributed by atoms with Crippen molar-refractivity contribution in [2.75, 3.05) is 4.90 Å². The molecular formula is C21H23NO3. The Kier molecular flexibility index (Phi) is 4.88. The molecule has 3 rings (SSSR count). The van der Waals surface area contributed by atoms with E-state index in [4.69, 9.17) is 4.74 Å². The summed E-state index contributed by atoms with van der Waals surface area (Å²) in [4.78, 5) is 26.9. The van der Waals surface area contributed by atoms with E-state index in [2.05, 4.69) is 0 Å². The third-order valence-corrected chi connectivity index (χ3v) is 4.58. The van der Waals surface area contributed by atoms with Crippen LogP contribution in [0.1, 0.15) is 55.6 Å². The number of anilines is 1. The van der Waals surface area contributed by atoms with E-state index in [0.29, 0.717) is 23.4 Å². The largest absolute Gasteiger partial charge is 0.479 e. The molecular weight excluding hydrogens is 314 g/mol. The van der Waals surface area contributed by atoms with E-state index in [-0.39, 0.29) is 17.7 Å². The van der Waals surface area contributed by atoms with Gasteiger partial charge in [0.15, 0.2) is 11.9 Å². The number of hydrogen-bond donors (Lipinski definition) is 0. The van der Waals surface area contributed by atoms with Gasteiger partial charge in [0.1, 0.15) is 5.75 Å². The SMILES string of the molecule is CCCC(=O)c1ccc2c(c1)N(C(C)c1ccccc1)C(=O)C(C)O2. The van der Waals surface area contributed by atoms with Crippen molar-refractivity contribution in [3.8, 4) is 5.75 Å². The molecule has 0 radical (unpaired) electrons. The highest BCUT2D eigenvalue weighted by Crippen LogP contribution is 2.40. The summed E-state index contributed by atoms with van der Waals surface area (Å²) in [6, 6.07) is 15.1. The van der Waals surface area contributed by atoms with Crippen molar-refractivity contribution in [3.63, 3.8) is 0 Å². The van der Waals surface area contributed by atoms with Crippen LogP contribution in [0.4, 0.5) is 5.69 Å². The number of ether oxygens (including phenoxy) is 1. The van der Waals surface area contributed by atoms with Crippen LogP contribution < -0.4 is 9.64 Å². The van der Waals surface area contributed by atoms with Crippen LogP contribution in [-0.4, -0.2) is 17.8 Å². The first-order valence-electron chi connectivity index (χ1n) is 8.74. The van der Waals surface area contributed by atoms with Crippen molar-refractivity contribution in [1.29, 1.82) is 0 Å². The molecule has 2 unspecified atom stereocenters. The van der Waals surface area contributed by atoms with Gasteiger partial charge in [-0.05, 0) is 44.0 Å². The first-order valence-corrected chi connectivity index (χ1v) is 8.74. The van der Waals surface area contributed by atoms with Crippen LogP contribution in [0.15, 0.2) is 48.5 Å². The Hall–Kier alpha value is -2.62. The molecule has 1 amide bonds. The molecule has 0 aromatic heterocycles. The van der Waals surface area contributed by atoms with E-state index in [1.165, 1.54) is 0 Å². The number of hydrogen-bond acceptors (Lipinski definition) is 3. The molecule has 130 valence electrons. The van der Waals surface area contributed by atoms with Gasteiger partial charge in [0.2, 0.25) is 0 Å². The van der Waals surface area contributed by atoms with Gasteiger partial charge in [-0.15, -0.1) is 0 Å². The highest BCUT2D eigenvalue weighted by molar-refractivity contribution is 6.03. The lowest BCUT2D eigenvalue weighted by atomic mass is 10.0. The minimum absolute atomic E-state index is 0.0867. The topological polar surface area (TPSA) is 46.6 Å². The maximum atomic E-state index is 12.8. The van der Waals surface area contributed by atoms with Crippen molar-refractivity contribution in [2.45, 2.75) is 45.8 Å². The van der Waals surface area contributed by atoms with E-state index in [1.807, 2.05) is 44.2 Å². The zero-order chi connectivity index (χ0) is 18.0. The summed E-state index contributed by atoms with van der Waals surface area (Å²) < 4.78 is 5.75. The van der Waals surface area contributed by atoms with Crippen molar-refractivity contribution in [1.82, 2.24) is 0 Å². The Balaban J connectivity index is 2.05. The van der Waals surface area contributed by atoms with Crippen molar-refractivity contribution in [3.05, 3.63) is 59.7 Å². The van der Waals surface area contributed by atoms with Crippen LogP contribution in [0.5, 0.6) is 5.75 Å². The molecule has 25 heavy (non-hydrogen) atoms. The molecule has 4 nitrogen and oxygen atoms in total. The summed E-state index contributed by atoms with van der Waals surface area (Å²) in [5, 5.41) is 0. The van der Waals surface area contributed by atoms with Gasteiger partial charge >= 0.3 is 0 Å². The average molecular weight is 337 g/mol. The van der Waals surface area contributed by atoms with Gasteiger partial charge in [0, 0.05) is 12.0 Å². The second kappa shape index (κ2) is 7.09. The number of carbonyl (C=O) groups is 2. The van der Waals surface area contributed by atoms with Crippen LogP contribution in [0.25, 0.3) is 0 Å². The first kappa shape index (κ1) is 17.2. The molecule has 0 fully saturated rings. The Morgan fingerprint density at radius 1 is 1.20 bits per heavy atom. The Labute approximate surface area is 148 Å². The van der Waals surface area contributed by atoms with Crippen LogP contribution in [0.2, 0.25) is 0 Å². The molecule has 1 aliphatic heterocycles. The maximum absolute atomic E-state index is 12.8. The molecule has 2 aromatic rings. The molecule has 0 spiro atoms. The number of rotatable bonds is 5. The number of nitrogens with zero attached hydrogens (tertiary/aromatic N) is 1. The van der Waals surface area contributed by atoms with E-state index >= 15 is 0 Å². The molecule has 0 bridgehead atoms. The number of amides is 1. The molecule has 0 N–H and O–H groups in total. The minimum atomic E-state index is -0.546. The molecule has 2 aromatic carbocycles. The van der Waals surface area contributed by atoms with Crippen molar-refractivity contribution < 1.29 is 14.3 Å². The van der Waals surface area contributed by atoms with Crippen LogP contribution in [0, 0.1) is 0 Å². The van der Waals surface area contributed by atoms with Crippen LogP contribution in [-0.2, 0) is 4.79 Å². The first-order chi connectivity index (χ1) is 12.0. The molecule has 0 saturated heterocycles. The zero-order valence-electron chi connectivity index (χ0n) is 14.9. The molecule has 4 heteroatoms. The van der Waals surface area contributed by atoms with E-state index in [9.17, 15) is 9.59 Å². The summed E-state index contributed by atoms with van der Waals surface area (Å²) in [5.41, 5.74) is 2.33. The van der Waals surface area contributed by atoms with Gasteiger partial charge in [0.05, 0.1) is 11.7 Å². The lowest BCUT2D eigenvalue weighted by Gasteiger charge is -2.37. The predicted octanol–water partition coefficient (Wildman–Crippen LogP) is 4.54. The second-order valence-corrected chi connectivity index (χ2v) is 6.41. The summed E-state index contributed by atoms with van der Waals surface area (Å²) >= 11 is 0. The van der Waals surface area contributed by atoms with Gasteiger partial charge < -0.3 is 4.74 Å². The highest BCUT2D eigenvalue weighted by Gasteiger charge is 2.35. The van der Waals surface area contributed by atoms with Gasteiger partial charge in [-0.1, -0.05) is 37.3 Å². The number of fused-ring (bicyclic) bond motifs is 1. The predicted molar refractivity (Wildman–Crippen MR) is 98.1 cm³/mol. The quantitative estimate of drug-likeness (QED) is 0.752. The fourth-order valence-corrected chi connectivity index (χ4v) is 3.19. The highest BCUT2D eigenvalue weighted by atomic mass is 16.5. The van der Waals surface area contributed by atoms with E-state index < -0.39 is 6.10 Å². The molecule has 2 atom stereocenters.